The van der Waals surface area contributed by atoms with Crippen molar-refractivity contribution >= 4 is 23.3 Å². The van der Waals surface area contributed by atoms with E-state index in [1.807, 2.05) is 6.92 Å². The Morgan fingerprint density at radius 2 is 2.00 bits per heavy atom. The van der Waals surface area contributed by atoms with Crippen molar-refractivity contribution in [2.75, 3.05) is 18.4 Å². The number of alkyl halides is 3. The fourth-order valence-electron chi connectivity index (χ4n) is 4.28. The van der Waals surface area contributed by atoms with Gasteiger partial charge >= 0.3 is 6.18 Å². The number of hydrogen-bond acceptors (Lipinski definition) is 3. The van der Waals surface area contributed by atoms with Crippen LogP contribution in [0.5, 0.6) is 0 Å². The summed E-state index contributed by atoms with van der Waals surface area (Å²) in [6.45, 7) is 6.03. The summed E-state index contributed by atoms with van der Waals surface area (Å²) < 4.78 is 40.3. The molecule has 182 valence electrons. The Morgan fingerprint density at radius 1 is 1.29 bits per heavy atom. The molecule has 34 heavy (non-hydrogen) atoms. The van der Waals surface area contributed by atoms with E-state index in [4.69, 9.17) is 0 Å². The number of nitrogens with zero attached hydrogens (tertiary/aromatic N) is 3. The molecule has 1 N–H and O–H groups in total. The van der Waals surface area contributed by atoms with E-state index >= 15 is 0 Å². The summed E-state index contributed by atoms with van der Waals surface area (Å²) in [7, 11) is 0. The highest BCUT2D eigenvalue weighted by molar-refractivity contribution is 5.94. The first-order valence-corrected chi connectivity index (χ1v) is 11.6. The van der Waals surface area contributed by atoms with Crippen LogP contribution in [0.25, 0.3) is 5.65 Å². The first kappa shape index (κ1) is 24.0. The Hall–Kier alpha value is -3.10. The lowest BCUT2D eigenvalue weighted by atomic mass is 9.96. The molecule has 9 heteroatoms. The molecule has 1 saturated carbocycles. The quantitative estimate of drug-likeness (QED) is 0.559. The van der Waals surface area contributed by atoms with Gasteiger partial charge in [-0.3, -0.25) is 14.0 Å². The summed E-state index contributed by atoms with van der Waals surface area (Å²) in [5.41, 5.74) is 1.87. The number of halogens is 3. The van der Waals surface area contributed by atoms with E-state index in [1.54, 1.807) is 22.6 Å². The molecule has 3 heterocycles. The standard InChI is InChI=1S/C25H29F3N4O2/c1-16(5-3-6-18-14-17(18)2)13-23(33)30-22-8-4-7-21-29-20(15-32(21)22)24(34)31-11-9-19(10-12-31)25(26,27)28/h3-4,6-8,15-16,18-19H,2,5,9-14H2,1H3,(H,30,33)/b6-3-. The third kappa shape index (κ3) is 5.69. The molecule has 2 amide bonds. The van der Waals surface area contributed by atoms with Crippen molar-refractivity contribution in [2.24, 2.45) is 17.8 Å². The van der Waals surface area contributed by atoms with Gasteiger partial charge < -0.3 is 10.2 Å². The molecule has 2 fully saturated rings. The van der Waals surface area contributed by atoms with Gasteiger partial charge in [0.15, 0.2) is 0 Å². The molecule has 1 aliphatic heterocycles. The maximum absolute atomic E-state index is 12.9. The van der Waals surface area contributed by atoms with Gasteiger partial charge in [0, 0.05) is 31.6 Å². The van der Waals surface area contributed by atoms with E-state index in [9.17, 15) is 22.8 Å². The second-order valence-electron chi connectivity index (χ2n) is 9.36. The average molecular weight is 475 g/mol. The molecular weight excluding hydrogens is 445 g/mol. The summed E-state index contributed by atoms with van der Waals surface area (Å²) in [6, 6.07) is 5.16. The number of carbonyl (C=O) groups excluding carboxylic acids is 2. The van der Waals surface area contributed by atoms with Crippen LogP contribution in [0.1, 0.15) is 49.5 Å². The zero-order valence-electron chi connectivity index (χ0n) is 19.1. The average Bonchev–Trinajstić information content (AvgIpc) is 3.30. The minimum Gasteiger partial charge on any atom is -0.337 e. The Balaban J connectivity index is 1.37. The van der Waals surface area contributed by atoms with Crippen LogP contribution in [-0.2, 0) is 4.79 Å². The van der Waals surface area contributed by atoms with Crippen molar-refractivity contribution in [2.45, 2.75) is 45.2 Å². The number of carbonyl (C=O) groups is 2. The van der Waals surface area contributed by atoms with E-state index in [1.165, 1.54) is 16.7 Å². The fourth-order valence-corrected chi connectivity index (χ4v) is 4.28. The smallest absolute Gasteiger partial charge is 0.337 e. The number of piperidine rings is 1. The minimum absolute atomic E-state index is 0.0433. The topological polar surface area (TPSA) is 66.7 Å². The number of imidazole rings is 1. The summed E-state index contributed by atoms with van der Waals surface area (Å²) in [5.74, 6) is -0.762. The molecular formula is C25H29F3N4O2. The van der Waals surface area contributed by atoms with Crippen LogP contribution in [0.3, 0.4) is 0 Å². The number of rotatable bonds is 7. The number of allylic oxidation sites excluding steroid dienone is 3. The normalized spacial score (nSPS) is 20.2. The van der Waals surface area contributed by atoms with Gasteiger partial charge in [-0.1, -0.05) is 37.3 Å². The number of fused-ring (bicyclic) bond motifs is 1. The highest BCUT2D eigenvalue weighted by Gasteiger charge is 2.42. The van der Waals surface area contributed by atoms with Gasteiger partial charge in [0.05, 0.1) is 5.92 Å². The predicted molar refractivity (Wildman–Crippen MR) is 123 cm³/mol. The lowest BCUT2D eigenvalue weighted by molar-refractivity contribution is -0.183. The monoisotopic (exact) mass is 474 g/mol. The van der Waals surface area contributed by atoms with Crippen LogP contribution in [0.2, 0.25) is 0 Å². The van der Waals surface area contributed by atoms with Gasteiger partial charge in [-0.15, -0.1) is 0 Å². The summed E-state index contributed by atoms with van der Waals surface area (Å²) in [5, 5.41) is 2.88. The Morgan fingerprint density at radius 3 is 2.65 bits per heavy atom. The van der Waals surface area contributed by atoms with Gasteiger partial charge in [-0.2, -0.15) is 13.2 Å². The molecule has 1 saturated heterocycles. The SMILES string of the molecule is C=C1CC1/C=C\CC(C)CC(=O)Nc1cccc2nc(C(=O)N3CCC(C(F)(F)F)CC3)cn12. The molecule has 0 spiro atoms. The van der Waals surface area contributed by atoms with Crippen LogP contribution in [0, 0.1) is 17.8 Å². The van der Waals surface area contributed by atoms with Crippen LogP contribution in [-0.4, -0.2) is 45.4 Å². The minimum atomic E-state index is -4.23. The zero-order chi connectivity index (χ0) is 24.5. The van der Waals surface area contributed by atoms with E-state index in [0.717, 1.165) is 12.8 Å². The van der Waals surface area contributed by atoms with Crippen LogP contribution in [0.15, 0.2) is 48.7 Å². The van der Waals surface area contributed by atoms with Crippen LogP contribution < -0.4 is 5.32 Å². The molecule has 6 nitrogen and oxygen atoms in total. The molecule has 0 aromatic carbocycles. The Kier molecular flexibility index (Phi) is 6.81. The highest BCUT2D eigenvalue weighted by Crippen LogP contribution is 2.37. The lowest BCUT2D eigenvalue weighted by Gasteiger charge is -2.32. The van der Waals surface area contributed by atoms with Crippen molar-refractivity contribution in [3.05, 3.63) is 54.4 Å². The second-order valence-corrected chi connectivity index (χ2v) is 9.36. The molecule has 2 aromatic rings. The summed E-state index contributed by atoms with van der Waals surface area (Å²) >= 11 is 0. The molecule has 4 rings (SSSR count). The number of pyridine rings is 1. The molecule has 0 bridgehead atoms. The van der Waals surface area contributed by atoms with Crippen LogP contribution >= 0.6 is 0 Å². The Bertz CT molecular complexity index is 1110. The van der Waals surface area contributed by atoms with Crippen molar-refractivity contribution in [3.63, 3.8) is 0 Å². The van der Waals surface area contributed by atoms with Crippen molar-refractivity contribution in [3.8, 4) is 0 Å². The van der Waals surface area contributed by atoms with Gasteiger partial charge in [-0.25, -0.2) is 4.98 Å². The first-order chi connectivity index (χ1) is 16.1. The third-order valence-electron chi connectivity index (χ3n) is 6.51. The molecule has 2 aliphatic rings. The maximum Gasteiger partial charge on any atom is 0.391 e. The van der Waals surface area contributed by atoms with Crippen molar-refractivity contribution in [1.82, 2.24) is 14.3 Å². The molecule has 2 aromatic heterocycles. The summed E-state index contributed by atoms with van der Waals surface area (Å²) in [6.07, 6.45) is 3.54. The van der Waals surface area contributed by atoms with Gasteiger partial charge in [0.1, 0.15) is 17.2 Å². The number of nitrogens with one attached hydrogen (secondary N) is 1. The molecule has 0 radical (unpaired) electrons. The zero-order valence-corrected chi connectivity index (χ0v) is 19.1. The van der Waals surface area contributed by atoms with E-state index in [2.05, 4.69) is 29.0 Å². The van der Waals surface area contributed by atoms with E-state index < -0.39 is 18.0 Å². The number of aromatic nitrogens is 2. The number of hydrogen-bond donors (Lipinski definition) is 1. The van der Waals surface area contributed by atoms with Crippen LogP contribution in [0.4, 0.5) is 19.0 Å². The Labute approximate surface area is 196 Å². The van der Waals surface area contributed by atoms with Crippen molar-refractivity contribution in [1.29, 1.82) is 0 Å². The number of likely N-dealkylation sites (tertiary alicyclic amines) is 1. The van der Waals surface area contributed by atoms with Gasteiger partial charge in [0.25, 0.3) is 5.91 Å². The third-order valence-corrected chi connectivity index (χ3v) is 6.51. The fraction of sp³-hybridized carbons (Fsp3) is 0.480. The maximum atomic E-state index is 12.9. The first-order valence-electron chi connectivity index (χ1n) is 11.6. The number of amides is 2. The number of anilines is 1. The second kappa shape index (κ2) is 9.64. The predicted octanol–water partition coefficient (Wildman–Crippen LogP) is 5.24. The molecule has 2 unspecified atom stereocenters. The largest absolute Gasteiger partial charge is 0.391 e. The van der Waals surface area contributed by atoms with Gasteiger partial charge in [0.2, 0.25) is 5.91 Å². The molecule has 2 atom stereocenters. The summed E-state index contributed by atoms with van der Waals surface area (Å²) in [4.78, 5) is 31.2. The highest BCUT2D eigenvalue weighted by atomic mass is 19.4. The van der Waals surface area contributed by atoms with Gasteiger partial charge in [-0.05, 0) is 43.7 Å². The van der Waals surface area contributed by atoms with E-state index in [-0.39, 0.29) is 43.5 Å². The van der Waals surface area contributed by atoms with E-state index in [0.29, 0.717) is 23.8 Å². The lowest BCUT2D eigenvalue weighted by Crippen LogP contribution is -2.42. The molecule has 1 aliphatic carbocycles. The van der Waals surface area contributed by atoms with Crippen molar-refractivity contribution < 1.29 is 22.8 Å².